The van der Waals surface area contributed by atoms with Crippen LogP contribution in [0.15, 0.2) is 24.3 Å². The van der Waals surface area contributed by atoms with Gasteiger partial charge in [0.2, 0.25) is 5.91 Å². The predicted octanol–water partition coefficient (Wildman–Crippen LogP) is 2.21. The van der Waals surface area contributed by atoms with Crippen LogP contribution in [0.2, 0.25) is 0 Å². The summed E-state index contributed by atoms with van der Waals surface area (Å²) in [6.07, 6.45) is 4.15. The third-order valence-electron chi connectivity index (χ3n) is 5.49. The summed E-state index contributed by atoms with van der Waals surface area (Å²) in [7, 11) is 0. The number of nitrogens with zero attached hydrogens (tertiary/aromatic N) is 3. The van der Waals surface area contributed by atoms with Gasteiger partial charge in [0.05, 0.1) is 0 Å². The Labute approximate surface area is 158 Å². The van der Waals surface area contributed by atoms with Crippen molar-refractivity contribution in [2.24, 2.45) is 0 Å². The van der Waals surface area contributed by atoms with Crippen LogP contribution in [0, 0.1) is 0 Å². The van der Waals surface area contributed by atoms with Gasteiger partial charge in [0.1, 0.15) is 0 Å². The van der Waals surface area contributed by atoms with Crippen LogP contribution in [-0.4, -0.2) is 53.1 Å². The van der Waals surface area contributed by atoms with E-state index in [-0.39, 0.29) is 11.8 Å². The number of piperazine rings is 1. The van der Waals surface area contributed by atoms with Crippen LogP contribution >= 0.6 is 0 Å². The predicted molar refractivity (Wildman–Crippen MR) is 104 cm³/mol. The van der Waals surface area contributed by atoms with E-state index in [0.29, 0.717) is 5.69 Å². The molecule has 1 fully saturated rings. The van der Waals surface area contributed by atoms with Gasteiger partial charge in [-0.1, -0.05) is 0 Å². The van der Waals surface area contributed by atoms with Crippen molar-refractivity contribution in [2.75, 3.05) is 36.4 Å². The van der Waals surface area contributed by atoms with Gasteiger partial charge in [-0.2, -0.15) is 5.10 Å². The molecule has 0 radical (unpaired) electrons. The molecular weight excluding hydrogens is 342 g/mol. The van der Waals surface area contributed by atoms with Crippen molar-refractivity contribution in [1.82, 2.24) is 15.1 Å². The number of aryl methyl sites for hydroxylation is 1. The molecule has 2 aromatic rings. The number of carbonyl (C=O) groups excluding carboxylic acids is 2. The van der Waals surface area contributed by atoms with Crippen LogP contribution in [0.4, 0.5) is 11.4 Å². The standard InChI is InChI=1S/C20H25N5O2/c1-14(26)24-10-12-25(13-11-24)16-8-6-15(7-9-16)21-20(27)19-17-4-2-3-5-18(17)22-23-19/h6-9H,2-5,10-13H2,1H3,(H,21,27)(H,22,23). The molecule has 1 aromatic carbocycles. The van der Waals surface area contributed by atoms with Crippen LogP contribution in [0.5, 0.6) is 0 Å². The van der Waals surface area contributed by atoms with E-state index in [1.165, 1.54) is 0 Å². The number of hydrogen-bond donors (Lipinski definition) is 2. The molecule has 0 atom stereocenters. The van der Waals surface area contributed by atoms with Gasteiger partial charge < -0.3 is 15.1 Å². The fourth-order valence-corrected chi connectivity index (χ4v) is 3.89. The topological polar surface area (TPSA) is 81.3 Å². The highest BCUT2D eigenvalue weighted by atomic mass is 16.2. The summed E-state index contributed by atoms with van der Waals surface area (Å²) in [6.45, 7) is 4.76. The maximum absolute atomic E-state index is 12.6. The van der Waals surface area contributed by atoms with E-state index in [9.17, 15) is 9.59 Å². The number of aromatic amines is 1. The van der Waals surface area contributed by atoms with Gasteiger partial charge in [-0.3, -0.25) is 14.7 Å². The minimum atomic E-state index is -0.155. The molecule has 4 rings (SSSR count). The summed E-state index contributed by atoms with van der Waals surface area (Å²) in [5.74, 6) is -0.0227. The van der Waals surface area contributed by atoms with Crippen molar-refractivity contribution >= 4 is 23.2 Å². The molecular formula is C20H25N5O2. The summed E-state index contributed by atoms with van der Waals surface area (Å²) >= 11 is 0. The second-order valence-corrected chi connectivity index (χ2v) is 7.23. The number of H-pyrrole nitrogens is 1. The number of fused-ring (bicyclic) bond motifs is 1. The van der Waals surface area contributed by atoms with Crippen LogP contribution in [0.3, 0.4) is 0 Å². The second kappa shape index (κ2) is 7.42. The number of benzene rings is 1. The molecule has 2 aliphatic rings. The molecule has 0 spiro atoms. The Morgan fingerprint density at radius 2 is 1.74 bits per heavy atom. The van der Waals surface area contributed by atoms with Crippen LogP contribution in [-0.2, 0) is 17.6 Å². The maximum atomic E-state index is 12.6. The van der Waals surface area contributed by atoms with Crippen LogP contribution in [0.1, 0.15) is 41.5 Å². The van der Waals surface area contributed by atoms with Crippen LogP contribution in [0.25, 0.3) is 0 Å². The average Bonchev–Trinajstić information content (AvgIpc) is 3.13. The first-order chi connectivity index (χ1) is 13.1. The Morgan fingerprint density at radius 3 is 2.44 bits per heavy atom. The minimum absolute atomic E-state index is 0.133. The number of nitrogens with one attached hydrogen (secondary N) is 2. The molecule has 1 aliphatic carbocycles. The molecule has 0 saturated carbocycles. The Bertz CT molecular complexity index is 835. The van der Waals surface area contributed by atoms with Crippen LogP contribution < -0.4 is 10.2 Å². The minimum Gasteiger partial charge on any atom is -0.368 e. The maximum Gasteiger partial charge on any atom is 0.276 e. The lowest BCUT2D eigenvalue weighted by Gasteiger charge is -2.35. The first-order valence-electron chi connectivity index (χ1n) is 9.60. The van der Waals surface area contributed by atoms with Crippen molar-refractivity contribution in [3.63, 3.8) is 0 Å². The second-order valence-electron chi connectivity index (χ2n) is 7.23. The van der Waals surface area contributed by atoms with E-state index in [2.05, 4.69) is 20.4 Å². The summed E-state index contributed by atoms with van der Waals surface area (Å²) in [5.41, 5.74) is 4.56. The van der Waals surface area contributed by atoms with Crippen molar-refractivity contribution < 1.29 is 9.59 Å². The van der Waals surface area contributed by atoms with E-state index in [1.54, 1.807) is 6.92 Å². The van der Waals surface area contributed by atoms with Gasteiger partial charge in [0.25, 0.3) is 5.91 Å². The summed E-state index contributed by atoms with van der Waals surface area (Å²) < 4.78 is 0. The molecule has 1 aliphatic heterocycles. The monoisotopic (exact) mass is 367 g/mol. The molecule has 7 nitrogen and oxygen atoms in total. The molecule has 0 unspecified atom stereocenters. The smallest absolute Gasteiger partial charge is 0.276 e. The van der Waals surface area contributed by atoms with E-state index in [1.807, 2.05) is 29.2 Å². The summed E-state index contributed by atoms with van der Waals surface area (Å²) in [5, 5.41) is 10.2. The molecule has 0 bridgehead atoms. The van der Waals surface area contributed by atoms with E-state index in [4.69, 9.17) is 0 Å². The SMILES string of the molecule is CC(=O)N1CCN(c2ccc(NC(=O)c3n[nH]c4c3CCCC4)cc2)CC1. The molecule has 142 valence electrons. The Morgan fingerprint density at radius 1 is 1.04 bits per heavy atom. The molecule has 1 aromatic heterocycles. The van der Waals surface area contributed by atoms with Gasteiger partial charge >= 0.3 is 0 Å². The fourth-order valence-electron chi connectivity index (χ4n) is 3.89. The highest BCUT2D eigenvalue weighted by molar-refractivity contribution is 6.04. The van der Waals surface area contributed by atoms with E-state index < -0.39 is 0 Å². The Balaban J connectivity index is 1.39. The number of carbonyl (C=O) groups is 2. The normalized spacial score (nSPS) is 16.8. The average molecular weight is 367 g/mol. The number of amides is 2. The first-order valence-corrected chi connectivity index (χ1v) is 9.60. The van der Waals surface area contributed by atoms with E-state index >= 15 is 0 Å². The number of hydrogen-bond acceptors (Lipinski definition) is 4. The summed E-state index contributed by atoms with van der Waals surface area (Å²) in [6, 6.07) is 7.87. The molecule has 2 amide bonds. The quantitative estimate of drug-likeness (QED) is 0.872. The zero-order chi connectivity index (χ0) is 18.8. The highest BCUT2D eigenvalue weighted by Gasteiger charge is 2.22. The Kier molecular flexibility index (Phi) is 4.83. The van der Waals surface area contributed by atoms with Gasteiger partial charge in [-0.25, -0.2) is 0 Å². The summed E-state index contributed by atoms with van der Waals surface area (Å²) in [4.78, 5) is 28.2. The molecule has 1 saturated heterocycles. The third kappa shape index (κ3) is 3.67. The van der Waals surface area contributed by atoms with Crippen molar-refractivity contribution in [3.05, 3.63) is 41.2 Å². The third-order valence-corrected chi connectivity index (χ3v) is 5.49. The van der Waals surface area contributed by atoms with Crippen molar-refractivity contribution in [2.45, 2.75) is 32.6 Å². The first kappa shape index (κ1) is 17.6. The molecule has 2 N–H and O–H groups in total. The lowest BCUT2D eigenvalue weighted by Crippen LogP contribution is -2.48. The van der Waals surface area contributed by atoms with E-state index in [0.717, 1.165) is 74.5 Å². The number of anilines is 2. The zero-order valence-corrected chi connectivity index (χ0v) is 15.6. The van der Waals surface area contributed by atoms with Crippen molar-refractivity contribution in [1.29, 1.82) is 0 Å². The fraction of sp³-hybridized carbons (Fsp3) is 0.450. The lowest BCUT2D eigenvalue weighted by molar-refractivity contribution is -0.129. The molecule has 2 heterocycles. The van der Waals surface area contributed by atoms with Gasteiger partial charge in [-0.05, 0) is 49.9 Å². The molecule has 7 heteroatoms. The van der Waals surface area contributed by atoms with Crippen molar-refractivity contribution in [3.8, 4) is 0 Å². The zero-order valence-electron chi connectivity index (χ0n) is 15.6. The number of rotatable bonds is 3. The molecule has 27 heavy (non-hydrogen) atoms. The lowest BCUT2D eigenvalue weighted by atomic mass is 9.96. The van der Waals surface area contributed by atoms with Gasteiger partial charge in [0, 0.05) is 55.7 Å². The highest BCUT2D eigenvalue weighted by Crippen LogP contribution is 2.24. The largest absolute Gasteiger partial charge is 0.368 e. The van der Waals surface area contributed by atoms with Gasteiger partial charge in [-0.15, -0.1) is 0 Å². The number of aromatic nitrogens is 2. The van der Waals surface area contributed by atoms with Gasteiger partial charge in [0.15, 0.2) is 5.69 Å². The Hall–Kier alpha value is -2.83.